The molecule has 0 aliphatic carbocycles. The zero-order valence-electron chi connectivity index (χ0n) is 19.0. The molecule has 31 heavy (non-hydrogen) atoms. The molecule has 1 aliphatic rings. The summed E-state index contributed by atoms with van der Waals surface area (Å²) in [6.07, 6.45) is 0. The Kier molecular flexibility index (Phi) is 8.00. The van der Waals surface area contributed by atoms with Gasteiger partial charge in [0, 0.05) is 37.4 Å². The smallest absolute Gasteiger partial charge is 0.277 e. The van der Waals surface area contributed by atoms with Crippen molar-refractivity contribution in [2.75, 3.05) is 65.5 Å². The highest BCUT2D eigenvalue weighted by atomic mass is 16.5. The average Bonchev–Trinajstić information content (AvgIpc) is 2.80. The fourth-order valence-electron chi connectivity index (χ4n) is 3.88. The van der Waals surface area contributed by atoms with E-state index in [0.717, 1.165) is 60.4 Å². The molecule has 2 aromatic rings. The highest BCUT2D eigenvalue weighted by Gasteiger charge is 2.23. The van der Waals surface area contributed by atoms with Crippen LogP contribution in [0.3, 0.4) is 0 Å². The standard InChI is InChI=1S/C24H33N3O4/c1-5-31-22-11-6-19(16-23(22)30-4)17-25(2)18-24(28)27-14-12-26(13-15-27)20-7-9-21(29-3)10-8-20/h6-11,16H,5,12-15,17-18H2,1-4H3/p+1. The highest BCUT2D eigenvalue weighted by molar-refractivity contribution is 5.77. The van der Waals surface area contributed by atoms with Crippen LogP contribution in [-0.4, -0.2) is 71.4 Å². The molecule has 1 atom stereocenters. The van der Waals surface area contributed by atoms with E-state index in [1.54, 1.807) is 14.2 Å². The van der Waals surface area contributed by atoms with Crippen molar-refractivity contribution in [2.24, 2.45) is 0 Å². The summed E-state index contributed by atoms with van der Waals surface area (Å²) < 4.78 is 16.2. The van der Waals surface area contributed by atoms with Gasteiger partial charge in [0.2, 0.25) is 0 Å². The number of hydrogen-bond acceptors (Lipinski definition) is 5. The summed E-state index contributed by atoms with van der Waals surface area (Å²) in [4.78, 5) is 18.2. The zero-order chi connectivity index (χ0) is 22.2. The molecule has 3 rings (SSSR count). The van der Waals surface area contributed by atoms with Crippen LogP contribution in [0, 0.1) is 0 Å². The van der Waals surface area contributed by atoms with Gasteiger partial charge in [0.25, 0.3) is 5.91 Å². The molecule has 1 heterocycles. The van der Waals surface area contributed by atoms with Crippen LogP contribution in [0.15, 0.2) is 42.5 Å². The quantitative estimate of drug-likeness (QED) is 0.656. The summed E-state index contributed by atoms with van der Waals surface area (Å²) >= 11 is 0. The van der Waals surface area contributed by atoms with Crippen molar-refractivity contribution in [3.63, 3.8) is 0 Å². The van der Waals surface area contributed by atoms with Gasteiger partial charge in [0.1, 0.15) is 12.3 Å². The van der Waals surface area contributed by atoms with Crippen molar-refractivity contribution in [1.29, 1.82) is 0 Å². The van der Waals surface area contributed by atoms with E-state index in [2.05, 4.69) is 24.1 Å². The molecular formula is C24H34N3O4+. The maximum atomic E-state index is 12.8. The number of methoxy groups -OCH3 is 2. The van der Waals surface area contributed by atoms with E-state index >= 15 is 0 Å². The number of piperazine rings is 1. The first kappa shape index (κ1) is 22.7. The maximum Gasteiger partial charge on any atom is 0.277 e. The van der Waals surface area contributed by atoms with E-state index in [0.29, 0.717) is 13.2 Å². The molecule has 1 aliphatic heterocycles. The molecule has 1 saturated heterocycles. The number of hydrogen-bond donors (Lipinski definition) is 1. The molecular weight excluding hydrogens is 394 g/mol. The number of anilines is 1. The van der Waals surface area contributed by atoms with Crippen LogP contribution in [-0.2, 0) is 11.3 Å². The third-order valence-corrected chi connectivity index (χ3v) is 5.56. The van der Waals surface area contributed by atoms with Gasteiger partial charge in [0.15, 0.2) is 18.0 Å². The zero-order valence-corrected chi connectivity index (χ0v) is 19.0. The van der Waals surface area contributed by atoms with Crippen molar-refractivity contribution in [3.05, 3.63) is 48.0 Å². The van der Waals surface area contributed by atoms with Gasteiger partial charge in [0.05, 0.1) is 27.9 Å². The predicted molar refractivity (Wildman–Crippen MR) is 121 cm³/mol. The van der Waals surface area contributed by atoms with E-state index in [-0.39, 0.29) is 5.91 Å². The minimum atomic E-state index is 0.199. The number of carbonyl (C=O) groups excluding carboxylic acids is 1. The van der Waals surface area contributed by atoms with Crippen LogP contribution in [0.25, 0.3) is 0 Å². The number of quaternary nitrogens is 1. The van der Waals surface area contributed by atoms with Crippen molar-refractivity contribution >= 4 is 11.6 Å². The first-order chi connectivity index (χ1) is 15.0. The van der Waals surface area contributed by atoms with Crippen molar-refractivity contribution in [3.8, 4) is 17.2 Å². The number of nitrogens with zero attached hydrogens (tertiary/aromatic N) is 2. The van der Waals surface area contributed by atoms with E-state index < -0.39 is 0 Å². The molecule has 1 fully saturated rings. The average molecular weight is 429 g/mol. The maximum absolute atomic E-state index is 12.8. The van der Waals surface area contributed by atoms with E-state index in [9.17, 15) is 4.79 Å². The van der Waals surface area contributed by atoms with Crippen LogP contribution in [0.1, 0.15) is 12.5 Å². The lowest BCUT2D eigenvalue weighted by Crippen LogP contribution is -3.09. The van der Waals surface area contributed by atoms with Crippen molar-refractivity contribution in [1.82, 2.24) is 4.90 Å². The third kappa shape index (κ3) is 6.04. The molecule has 0 bridgehead atoms. The Bertz CT molecular complexity index is 848. The fraction of sp³-hybridized carbons (Fsp3) is 0.458. The monoisotopic (exact) mass is 428 g/mol. The number of benzene rings is 2. The number of rotatable bonds is 9. The van der Waals surface area contributed by atoms with E-state index in [4.69, 9.17) is 14.2 Å². The van der Waals surface area contributed by atoms with Gasteiger partial charge < -0.3 is 28.9 Å². The Balaban J connectivity index is 1.49. The van der Waals surface area contributed by atoms with Crippen LogP contribution in [0.2, 0.25) is 0 Å². The van der Waals surface area contributed by atoms with Crippen LogP contribution in [0.5, 0.6) is 17.2 Å². The lowest BCUT2D eigenvalue weighted by Gasteiger charge is -2.36. The van der Waals surface area contributed by atoms with Crippen LogP contribution in [0.4, 0.5) is 5.69 Å². The predicted octanol–water partition coefficient (Wildman–Crippen LogP) is 1.47. The summed E-state index contributed by atoms with van der Waals surface area (Å²) in [6, 6.07) is 14.0. The number of amides is 1. The Morgan fingerprint density at radius 2 is 1.68 bits per heavy atom. The SMILES string of the molecule is CCOc1ccc(C[NH+](C)CC(=O)N2CCN(c3ccc(OC)cc3)CC2)cc1OC. The molecule has 7 heteroatoms. The summed E-state index contributed by atoms with van der Waals surface area (Å²) in [5.74, 6) is 2.53. The second-order valence-electron chi connectivity index (χ2n) is 7.79. The lowest BCUT2D eigenvalue weighted by molar-refractivity contribution is -0.885. The Labute approximate surface area is 185 Å². The summed E-state index contributed by atoms with van der Waals surface area (Å²) in [5, 5.41) is 0. The Morgan fingerprint density at radius 1 is 0.968 bits per heavy atom. The molecule has 0 radical (unpaired) electrons. The minimum Gasteiger partial charge on any atom is -0.497 e. The van der Waals surface area contributed by atoms with Crippen molar-refractivity contribution in [2.45, 2.75) is 13.5 Å². The van der Waals surface area contributed by atoms with Gasteiger partial charge in [-0.3, -0.25) is 4.79 Å². The number of ether oxygens (including phenoxy) is 3. The van der Waals surface area contributed by atoms with Gasteiger partial charge in [-0.1, -0.05) is 0 Å². The first-order valence-corrected chi connectivity index (χ1v) is 10.8. The second-order valence-corrected chi connectivity index (χ2v) is 7.79. The van der Waals surface area contributed by atoms with Crippen LogP contribution >= 0.6 is 0 Å². The largest absolute Gasteiger partial charge is 0.497 e. The molecule has 1 unspecified atom stereocenters. The molecule has 1 amide bonds. The normalized spacial score (nSPS) is 14.8. The Morgan fingerprint density at radius 3 is 2.29 bits per heavy atom. The first-order valence-electron chi connectivity index (χ1n) is 10.8. The van der Waals surface area contributed by atoms with Gasteiger partial charge in [-0.05, 0) is 49.4 Å². The molecule has 0 spiro atoms. The molecule has 1 N–H and O–H groups in total. The van der Waals surface area contributed by atoms with Crippen LogP contribution < -0.4 is 24.0 Å². The number of likely N-dealkylation sites (N-methyl/N-ethyl adjacent to an activating group) is 1. The van der Waals surface area contributed by atoms with Gasteiger partial charge >= 0.3 is 0 Å². The number of carbonyl (C=O) groups is 1. The van der Waals surface area contributed by atoms with Gasteiger partial charge in [-0.2, -0.15) is 0 Å². The van der Waals surface area contributed by atoms with Gasteiger partial charge in [-0.15, -0.1) is 0 Å². The molecule has 168 valence electrons. The van der Waals surface area contributed by atoms with E-state index in [1.165, 1.54) is 5.69 Å². The van der Waals surface area contributed by atoms with Crippen molar-refractivity contribution < 1.29 is 23.9 Å². The summed E-state index contributed by atoms with van der Waals surface area (Å²) in [7, 11) is 5.37. The summed E-state index contributed by atoms with van der Waals surface area (Å²) in [5.41, 5.74) is 2.29. The van der Waals surface area contributed by atoms with Gasteiger partial charge in [-0.25, -0.2) is 0 Å². The summed E-state index contributed by atoms with van der Waals surface area (Å²) in [6.45, 7) is 6.94. The third-order valence-electron chi connectivity index (χ3n) is 5.56. The molecule has 7 nitrogen and oxygen atoms in total. The topological polar surface area (TPSA) is 55.7 Å². The number of nitrogens with one attached hydrogen (secondary N) is 1. The Hall–Kier alpha value is -2.93. The fourth-order valence-corrected chi connectivity index (χ4v) is 3.88. The second kappa shape index (κ2) is 10.9. The van der Waals surface area contributed by atoms with E-state index in [1.807, 2.05) is 42.2 Å². The highest BCUT2D eigenvalue weighted by Crippen LogP contribution is 2.27. The minimum absolute atomic E-state index is 0.199. The molecule has 0 aromatic heterocycles. The lowest BCUT2D eigenvalue weighted by atomic mass is 10.2. The molecule has 2 aromatic carbocycles. The molecule has 0 saturated carbocycles.